The molecule has 0 amide bonds. The number of hydrogen-bond acceptors (Lipinski definition) is 4. The van der Waals surface area contributed by atoms with Crippen LogP contribution in [-0.4, -0.2) is 14.8 Å². The molecule has 6 heteroatoms. The molecule has 0 bridgehead atoms. The van der Waals surface area contributed by atoms with E-state index >= 15 is 0 Å². The topological polar surface area (TPSA) is 30.7 Å². The molecule has 0 spiro atoms. The molecule has 2 aromatic heterocycles. The lowest BCUT2D eigenvalue weighted by atomic mass is 10.2. The molecule has 0 saturated carbocycles. The van der Waals surface area contributed by atoms with E-state index in [0.717, 1.165) is 35.9 Å². The molecule has 3 aromatic rings. The van der Waals surface area contributed by atoms with E-state index in [9.17, 15) is 4.39 Å². The second-order valence-corrected chi connectivity index (χ2v) is 7.42. The predicted molar refractivity (Wildman–Crippen MR) is 99.0 cm³/mol. The van der Waals surface area contributed by atoms with Gasteiger partial charge in [0, 0.05) is 28.1 Å². The molecular formula is C18H20FN3S2. The molecule has 0 saturated heterocycles. The Morgan fingerprint density at radius 2 is 2.04 bits per heavy atom. The molecule has 3 nitrogen and oxygen atoms in total. The summed E-state index contributed by atoms with van der Waals surface area (Å²) in [6.45, 7) is 5.06. The number of thioether (sulfide) groups is 1. The van der Waals surface area contributed by atoms with Crippen LogP contribution in [0, 0.1) is 5.82 Å². The summed E-state index contributed by atoms with van der Waals surface area (Å²) in [6, 6.07) is 9.07. The van der Waals surface area contributed by atoms with Crippen molar-refractivity contribution in [3.05, 3.63) is 52.0 Å². The van der Waals surface area contributed by atoms with Crippen molar-refractivity contribution in [3.8, 4) is 11.4 Å². The number of rotatable bonds is 7. The zero-order valence-electron chi connectivity index (χ0n) is 13.8. The molecule has 3 rings (SSSR count). The molecule has 0 aliphatic carbocycles. The maximum absolute atomic E-state index is 13.8. The fraction of sp³-hybridized carbons (Fsp3) is 0.333. The van der Waals surface area contributed by atoms with Crippen molar-refractivity contribution in [2.24, 2.45) is 0 Å². The largest absolute Gasteiger partial charge is 0.302 e. The SMILES string of the molecule is CCCc1cc(-c2nnc(SCc3ccccc3F)n2CC)cs1. The lowest BCUT2D eigenvalue weighted by molar-refractivity contribution is 0.617. The summed E-state index contributed by atoms with van der Waals surface area (Å²) in [5, 5.41) is 11.7. The van der Waals surface area contributed by atoms with E-state index in [4.69, 9.17) is 0 Å². The van der Waals surface area contributed by atoms with Crippen LogP contribution in [0.1, 0.15) is 30.7 Å². The summed E-state index contributed by atoms with van der Waals surface area (Å²) in [5.41, 5.74) is 1.81. The number of hydrogen-bond donors (Lipinski definition) is 0. The highest BCUT2D eigenvalue weighted by Crippen LogP contribution is 2.29. The van der Waals surface area contributed by atoms with Gasteiger partial charge in [-0.3, -0.25) is 0 Å². The second kappa shape index (κ2) is 7.94. The molecule has 24 heavy (non-hydrogen) atoms. The van der Waals surface area contributed by atoms with Gasteiger partial charge in [-0.15, -0.1) is 21.5 Å². The Balaban J connectivity index is 1.80. The summed E-state index contributed by atoms with van der Waals surface area (Å²) in [5.74, 6) is 1.28. The average molecular weight is 362 g/mol. The smallest absolute Gasteiger partial charge is 0.191 e. The number of benzene rings is 1. The summed E-state index contributed by atoms with van der Waals surface area (Å²) in [6.07, 6.45) is 2.24. The van der Waals surface area contributed by atoms with Gasteiger partial charge in [-0.1, -0.05) is 43.3 Å². The molecule has 0 unspecified atom stereocenters. The molecule has 1 aromatic carbocycles. The molecular weight excluding hydrogens is 341 g/mol. The van der Waals surface area contributed by atoms with Crippen molar-refractivity contribution in [3.63, 3.8) is 0 Å². The number of halogens is 1. The number of aryl methyl sites for hydroxylation is 1. The van der Waals surface area contributed by atoms with E-state index in [1.807, 2.05) is 12.1 Å². The van der Waals surface area contributed by atoms with Crippen LogP contribution >= 0.6 is 23.1 Å². The highest BCUT2D eigenvalue weighted by molar-refractivity contribution is 7.98. The van der Waals surface area contributed by atoms with Crippen LogP contribution in [0.5, 0.6) is 0 Å². The summed E-state index contributed by atoms with van der Waals surface area (Å²) < 4.78 is 15.9. The summed E-state index contributed by atoms with van der Waals surface area (Å²) >= 11 is 3.30. The quantitative estimate of drug-likeness (QED) is 0.527. The van der Waals surface area contributed by atoms with Crippen LogP contribution < -0.4 is 0 Å². The maximum Gasteiger partial charge on any atom is 0.191 e. The first-order chi connectivity index (χ1) is 11.7. The predicted octanol–water partition coefficient (Wildman–Crippen LogP) is 5.41. The van der Waals surface area contributed by atoms with E-state index in [0.29, 0.717) is 11.3 Å². The minimum Gasteiger partial charge on any atom is -0.302 e. The average Bonchev–Trinajstić information content (AvgIpc) is 3.20. The van der Waals surface area contributed by atoms with Crippen molar-refractivity contribution < 1.29 is 4.39 Å². The number of thiophene rings is 1. The van der Waals surface area contributed by atoms with Gasteiger partial charge in [0.1, 0.15) is 5.82 Å². The Bertz CT molecular complexity index is 810. The van der Waals surface area contributed by atoms with Gasteiger partial charge >= 0.3 is 0 Å². The van der Waals surface area contributed by atoms with E-state index < -0.39 is 0 Å². The van der Waals surface area contributed by atoms with Crippen molar-refractivity contribution in [2.45, 2.75) is 44.1 Å². The Kier molecular flexibility index (Phi) is 5.68. The minimum absolute atomic E-state index is 0.171. The van der Waals surface area contributed by atoms with Crippen molar-refractivity contribution >= 4 is 23.1 Å². The van der Waals surface area contributed by atoms with E-state index in [1.165, 1.54) is 22.7 Å². The van der Waals surface area contributed by atoms with Gasteiger partial charge in [0.2, 0.25) is 0 Å². The first-order valence-corrected chi connectivity index (χ1v) is 9.96. The third-order valence-corrected chi connectivity index (χ3v) is 5.77. The lowest BCUT2D eigenvalue weighted by Gasteiger charge is -2.06. The molecule has 0 atom stereocenters. The zero-order chi connectivity index (χ0) is 16.9. The van der Waals surface area contributed by atoms with Crippen LogP contribution in [0.4, 0.5) is 4.39 Å². The van der Waals surface area contributed by atoms with Crippen molar-refractivity contribution in [2.75, 3.05) is 0 Å². The highest BCUT2D eigenvalue weighted by atomic mass is 32.2. The first-order valence-electron chi connectivity index (χ1n) is 8.10. The van der Waals surface area contributed by atoms with E-state index in [-0.39, 0.29) is 5.82 Å². The van der Waals surface area contributed by atoms with Crippen LogP contribution in [0.2, 0.25) is 0 Å². The summed E-state index contributed by atoms with van der Waals surface area (Å²) in [7, 11) is 0. The zero-order valence-corrected chi connectivity index (χ0v) is 15.5. The monoisotopic (exact) mass is 361 g/mol. The standard InChI is InChI=1S/C18H20FN3S2/c1-3-7-15-10-14(12-23-15)17-20-21-18(22(17)4-2)24-11-13-8-5-6-9-16(13)19/h5-6,8-10,12H,3-4,7,11H2,1-2H3. The van der Waals surface area contributed by atoms with Gasteiger partial charge in [0.15, 0.2) is 11.0 Å². The molecule has 126 valence electrons. The van der Waals surface area contributed by atoms with Gasteiger partial charge in [-0.05, 0) is 31.0 Å². The van der Waals surface area contributed by atoms with Crippen LogP contribution in [-0.2, 0) is 18.7 Å². The highest BCUT2D eigenvalue weighted by Gasteiger charge is 2.15. The molecule has 0 radical (unpaired) electrons. The molecule has 0 fully saturated rings. The van der Waals surface area contributed by atoms with Gasteiger partial charge in [-0.2, -0.15) is 0 Å². The third kappa shape index (κ3) is 3.70. The van der Waals surface area contributed by atoms with Crippen molar-refractivity contribution in [1.82, 2.24) is 14.8 Å². The van der Waals surface area contributed by atoms with E-state index in [1.54, 1.807) is 17.4 Å². The van der Waals surface area contributed by atoms with Crippen LogP contribution in [0.25, 0.3) is 11.4 Å². The van der Waals surface area contributed by atoms with Gasteiger partial charge in [-0.25, -0.2) is 4.39 Å². The summed E-state index contributed by atoms with van der Waals surface area (Å²) in [4.78, 5) is 1.37. The molecule has 0 aliphatic rings. The van der Waals surface area contributed by atoms with Gasteiger partial charge < -0.3 is 4.57 Å². The molecule has 0 aliphatic heterocycles. The minimum atomic E-state index is -0.171. The molecule has 0 N–H and O–H groups in total. The first kappa shape index (κ1) is 17.2. The Morgan fingerprint density at radius 3 is 2.79 bits per heavy atom. The fourth-order valence-electron chi connectivity index (χ4n) is 2.53. The Labute approximate surface area is 149 Å². The van der Waals surface area contributed by atoms with Gasteiger partial charge in [0.25, 0.3) is 0 Å². The third-order valence-electron chi connectivity index (χ3n) is 3.76. The maximum atomic E-state index is 13.8. The van der Waals surface area contributed by atoms with Gasteiger partial charge in [0.05, 0.1) is 0 Å². The number of nitrogens with zero attached hydrogens (tertiary/aromatic N) is 3. The Morgan fingerprint density at radius 1 is 1.21 bits per heavy atom. The Hall–Kier alpha value is -1.66. The van der Waals surface area contributed by atoms with Crippen LogP contribution in [0.15, 0.2) is 40.9 Å². The normalized spacial score (nSPS) is 11.1. The number of aromatic nitrogens is 3. The lowest BCUT2D eigenvalue weighted by Crippen LogP contribution is -1.99. The van der Waals surface area contributed by atoms with E-state index in [2.05, 4.69) is 40.1 Å². The molecule has 2 heterocycles. The van der Waals surface area contributed by atoms with Crippen molar-refractivity contribution in [1.29, 1.82) is 0 Å². The second-order valence-electron chi connectivity index (χ2n) is 5.48. The van der Waals surface area contributed by atoms with Crippen LogP contribution in [0.3, 0.4) is 0 Å². The fourth-order valence-corrected chi connectivity index (χ4v) is 4.48.